The molecule has 1 aliphatic rings. The zero-order chi connectivity index (χ0) is 15.5. The summed E-state index contributed by atoms with van der Waals surface area (Å²) in [7, 11) is 0. The van der Waals surface area contributed by atoms with Crippen LogP contribution in [0.15, 0.2) is 29.6 Å². The fourth-order valence-corrected chi connectivity index (χ4v) is 2.96. The summed E-state index contributed by atoms with van der Waals surface area (Å²) in [6, 6.07) is 7.26. The highest BCUT2D eigenvalue weighted by molar-refractivity contribution is 7.09. The molecular weight excluding hydrogens is 322 g/mol. The maximum absolute atomic E-state index is 12.0. The highest BCUT2D eigenvalue weighted by Crippen LogP contribution is 2.26. The second-order valence-corrected chi connectivity index (χ2v) is 6.56. The van der Waals surface area contributed by atoms with Gasteiger partial charge in [0.05, 0.1) is 35.4 Å². The monoisotopic (exact) mass is 337 g/mol. The van der Waals surface area contributed by atoms with Gasteiger partial charge in [-0.25, -0.2) is 9.78 Å². The van der Waals surface area contributed by atoms with Crippen molar-refractivity contribution in [2.45, 2.75) is 19.6 Å². The summed E-state index contributed by atoms with van der Waals surface area (Å²) < 4.78 is 5.76. The van der Waals surface area contributed by atoms with Crippen LogP contribution in [-0.2, 0) is 6.54 Å². The molecule has 2 amide bonds. The lowest BCUT2D eigenvalue weighted by Gasteiger charge is -2.38. The normalized spacial score (nSPS) is 14.5. The van der Waals surface area contributed by atoms with E-state index in [4.69, 9.17) is 16.3 Å². The second kappa shape index (κ2) is 6.54. The molecule has 0 atom stereocenters. The Balaban J connectivity index is 1.43. The minimum absolute atomic E-state index is 0.00725. The number of nitrogens with zero attached hydrogens (tertiary/aromatic N) is 2. The number of nitrogens with one attached hydrogen (secondary N) is 1. The van der Waals surface area contributed by atoms with E-state index in [9.17, 15) is 4.79 Å². The Morgan fingerprint density at radius 2 is 2.27 bits per heavy atom. The van der Waals surface area contributed by atoms with Crippen molar-refractivity contribution >= 4 is 29.0 Å². The van der Waals surface area contributed by atoms with Gasteiger partial charge < -0.3 is 15.0 Å². The molecule has 3 rings (SSSR count). The number of halogens is 1. The molecule has 2 aromatic rings. The van der Waals surface area contributed by atoms with Crippen molar-refractivity contribution in [2.24, 2.45) is 0 Å². The number of hydrogen-bond acceptors (Lipinski definition) is 4. The van der Waals surface area contributed by atoms with Crippen molar-refractivity contribution in [3.63, 3.8) is 0 Å². The van der Waals surface area contributed by atoms with Crippen LogP contribution in [0.4, 0.5) is 4.79 Å². The Bertz CT molecular complexity index is 670. The van der Waals surface area contributed by atoms with Crippen molar-refractivity contribution in [2.75, 3.05) is 13.1 Å². The third kappa shape index (κ3) is 3.51. The van der Waals surface area contributed by atoms with Gasteiger partial charge in [-0.3, -0.25) is 0 Å². The molecule has 1 fully saturated rings. The molecular formula is C15H16ClN3O2S. The largest absolute Gasteiger partial charge is 0.485 e. The standard InChI is InChI=1S/C15H16ClN3O2S/c1-10-18-11(9-22-10)6-17-15(20)19-7-12(8-19)21-14-5-3-2-4-13(14)16/h2-5,9,12H,6-8H2,1H3,(H,17,20). The summed E-state index contributed by atoms with van der Waals surface area (Å²) in [4.78, 5) is 18.0. The van der Waals surface area contributed by atoms with Crippen molar-refractivity contribution in [3.8, 4) is 5.75 Å². The molecule has 0 spiro atoms. The van der Waals surface area contributed by atoms with Crippen LogP contribution in [-0.4, -0.2) is 35.1 Å². The molecule has 0 unspecified atom stereocenters. The lowest BCUT2D eigenvalue weighted by molar-refractivity contribution is 0.0444. The van der Waals surface area contributed by atoms with Crippen molar-refractivity contribution < 1.29 is 9.53 Å². The van der Waals surface area contributed by atoms with Crippen LogP contribution in [0.3, 0.4) is 0 Å². The lowest BCUT2D eigenvalue weighted by Crippen LogP contribution is -2.58. The van der Waals surface area contributed by atoms with Gasteiger partial charge in [0, 0.05) is 5.38 Å². The molecule has 0 saturated carbocycles. The predicted octanol–water partition coefficient (Wildman–Crippen LogP) is 3.08. The number of likely N-dealkylation sites (tertiary alicyclic amines) is 1. The maximum Gasteiger partial charge on any atom is 0.317 e. The minimum Gasteiger partial charge on any atom is -0.485 e. The van der Waals surface area contributed by atoms with Gasteiger partial charge in [0.25, 0.3) is 0 Å². The number of benzene rings is 1. The summed E-state index contributed by atoms with van der Waals surface area (Å²) in [5.74, 6) is 0.659. The molecule has 2 heterocycles. The number of para-hydroxylation sites is 1. The third-order valence-corrected chi connectivity index (χ3v) is 4.49. The molecule has 1 N–H and O–H groups in total. The number of carbonyl (C=O) groups is 1. The highest BCUT2D eigenvalue weighted by atomic mass is 35.5. The van der Waals surface area contributed by atoms with Crippen molar-refractivity contribution in [1.29, 1.82) is 0 Å². The molecule has 5 nitrogen and oxygen atoms in total. The number of aromatic nitrogens is 1. The van der Waals surface area contributed by atoms with E-state index in [1.807, 2.05) is 30.5 Å². The molecule has 1 saturated heterocycles. The Labute approximate surface area is 137 Å². The molecule has 0 radical (unpaired) electrons. The average Bonchev–Trinajstić information content (AvgIpc) is 2.87. The number of amides is 2. The van der Waals surface area contributed by atoms with Crippen LogP contribution < -0.4 is 10.1 Å². The van der Waals surface area contributed by atoms with Crippen LogP contribution in [0.5, 0.6) is 5.75 Å². The van der Waals surface area contributed by atoms with E-state index in [-0.39, 0.29) is 12.1 Å². The molecule has 1 aromatic carbocycles. The van der Waals surface area contributed by atoms with Gasteiger partial charge in [0.1, 0.15) is 11.9 Å². The zero-order valence-electron chi connectivity index (χ0n) is 12.1. The van der Waals surface area contributed by atoms with Crippen LogP contribution in [0.1, 0.15) is 10.7 Å². The lowest BCUT2D eigenvalue weighted by atomic mass is 10.2. The predicted molar refractivity (Wildman–Crippen MR) is 86.5 cm³/mol. The SMILES string of the molecule is Cc1nc(CNC(=O)N2CC(Oc3ccccc3Cl)C2)cs1. The minimum atomic E-state index is -0.0929. The summed E-state index contributed by atoms with van der Waals surface area (Å²) in [5.41, 5.74) is 0.889. The van der Waals surface area contributed by atoms with Gasteiger partial charge in [-0.2, -0.15) is 0 Å². The molecule has 116 valence electrons. The van der Waals surface area contributed by atoms with Crippen LogP contribution in [0, 0.1) is 6.92 Å². The number of thiazole rings is 1. The fourth-order valence-electron chi connectivity index (χ4n) is 2.17. The van der Waals surface area contributed by atoms with Crippen molar-refractivity contribution in [1.82, 2.24) is 15.2 Å². The number of aryl methyl sites for hydroxylation is 1. The summed E-state index contributed by atoms with van der Waals surface area (Å²) in [6.45, 7) is 3.53. The molecule has 7 heteroatoms. The highest BCUT2D eigenvalue weighted by Gasteiger charge is 2.32. The van der Waals surface area contributed by atoms with Crippen LogP contribution in [0.2, 0.25) is 5.02 Å². The number of hydrogen-bond donors (Lipinski definition) is 1. The number of ether oxygens (including phenoxy) is 1. The van der Waals surface area contributed by atoms with Gasteiger partial charge >= 0.3 is 6.03 Å². The average molecular weight is 338 g/mol. The first kappa shape index (κ1) is 15.1. The van der Waals surface area contributed by atoms with E-state index in [0.717, 1.165) is 10.7 Å². The molecule has 1 aliphatic heterocycles. The van der Waals surface area contributed by atoms with Crippen LogP contribution in [0.25, 0.3) is 0 Å². The molecule has 0 bridgehead atoms. The Morgan fingerprint density at radius 1 is 1.50 bits per heavy atom. The Morgan fingerprint density at radius 3 is 2.95 bits per heavy atom. The zero-order valence-corrected chi connectivity index (χ0v) is 13.7. The van der Waals surface area contributed by atoms with E-state index in [1.165, 1.54) is 0 Å². The van der Waals surface area contributed by atoms with Crippen LogP contribution >= 0.6 is 22.9 Å². The first-order valence-electron chi connectivity index (χ1n) is 6.97. The van der Waals surface area contributed by atoms with Crippen molar-refractivity contribution in [3.05, 3.63) is 45.4 Å². The summed E-state index contributed by atoms with van der Waals surface area (Å²) in [6.07, 6.45) is -0.00725. The molecule has 22 heavy (non-hydrogen) atoms. The van der Waals surface area contributed by atoms with E-state index >= 15 is 0 Å². The Kier molecular flexibility index (Phi) is 4.49. The number of carbonyl (C=O) groups excluding carboxylic acids is 1. The van der Waals surface area contributed by atoms with Gasteiger partial charge in [-0.05, 0) is 19.1 Å². The first-order chi connectivity index (χ1) is 10.6. The molecule has 1 aromatic heterocycles. The molecule has 0 aliphatic carbocycles. The topological polar surface area (TPSA) is 54.5 Å². The van der Waals surface area contributed by atoms with E-state index in [0.29, 0.717) is 30.4 Å². The summed E-state index contributed by atoms with van der Waals surface area (Å²) in [5, 5.41) is 6.40. The van der Waals surface area contributed by atoms with Gasteiger partial charge in [0.15, 0.2) is 0 Å². The Hall–Kier alpha value is -1.79. The van der Waals surface area contributed by atoms with Gasteiger partial charge in [0.2, 0.25) is 0 Å². The maximum atomic E-state index is 12.0. The summed E-state index contributed by atoms with van der Waals surface area (Å²) >= 11 is 7.62. The van der Waals surface area contributed by atoms with E-state index in [1.54, 1.807) is 22.3 Å². The third-order valence-electron chi connectivity index (χ3n) is 3.35. The smallest absolute Gasteiger partial charge is 0.317 e. The fraction of sp³-hybridized carbons (Fsp3) is 0.333. The number of urea groups is 1. The second-order valence-electron chi connectivity index (χ2n) is 5.09. The van der Waals surface area contributed by atoms with E-state index < -0.39 is 0 Å². The quantitative estimate of drug-likeness (QED) is 0.932. The van der Waals surface area contributed by atoms with Gasteiger partial charge in [-0.15, -0.1) is 11.3 Å². The first-order valence-corrected chi connectivity index (χ1v) is 8.22. The van der Waals surface area contributed by atoms with E-state index in [2.05, 4.69) is 10.3 Å². The van der Waals surface area contributed by atoms with Gasteiger partial charge in [-0.1, -0.05) is 23.7 Å². The number of rotatable bonds is 4.